The number of anilines is 1. The third kappa shape index (κ3) is 3.27. The van der Waals surface area contributed by atoms with Crippen molar-refractivity contribution in [2.45, 2.75) is 26.6 Å². The topological polar surface area (TPSA) is 59.4 Å². The van der Waals surface area contributed by atoms with E-state index in [1.165, 1.54) is 11.3 Å². The fourth-order valence-electron chi connectivity index (χ4n) is 3.92. The highest BCUT2D eigenvalue weighted by atomic mass is 16.5. The molecule has 3 aromatic rings. The number of carbonyl (C=O) groups excluding carboxylic acids is 1. The Morgan fingerprint density at radius 3 is 2.75 bits per heavy atom. The van der Waals surface area contributed by atoms with Crippen molar-refractivity contribution in [1.82, 2.24) is 14.7 Å². The molecule has 2 aliphatic rings. The molecule has 0 spiro atoms. The van der Waals surface area contributed by atoms with Gasteiger partial charge in [-0.3, -0.25) is 14.4 Å². The zero-order valence-electron chi connectivity index (χ0n) is 15.8. The number of nitrogens with zero attached hydrogens (tertiary/aromatic N) is 3. The minimum Gasteiger partial charge on any atom is -0.482 e. The second kappa shape index (κ2) is 6.80. The lowest BCUT2D eigenvalue weighted by Crippen LogP contribution is -2.33. The van der Waals surface area contributed by atoms with E-state index in [9.17, 15) is 4.79 Å². The number of nitrogens with one attached hydrogen (secondary N) is 1. The Balaban J connectivity index is 1.30. The van der Waals surface area contributed by atoms with Gasteiger partial charge < -0.3 is 10.1 Å². The van der Waals surface area contributed by atoms with Gasteiger partial charge in [-0.25, -0.2) is 0 Å². The van der Waals surface area contributed by atoms with E-state index in [1.807, 2.05) is 25.1 Å². The van der Waals surface area contributed by atoms with Crippen LogP contribution in [0.2, 0.25) is 0 Å². The van der Waals surface area contributed by atoms with Crippen LogP contribution in [-0.2, 0) is 24.4 Å². The van der Waals surface area contributed by atoms with Crippen LogP contribution in [0.1, 0.15) is 17.0 Å². The summed E-state index contributed by atoms with van der Waals surface area (Å²) in [4.78, 5) is 14.0. The van der Waals surface area contributed by atoms with Crippen LogP contribution in [0, 0.1) is 6.92 Å². The first-order valence-electron chi connectivity index (χ1n) is 9.56. The molecule has 1 aromatic heterocycles. The molecule has 3 heterocycles. The molecule has 2 aromatic carbocycles. The number of aryl methyl sites for hydroxylation is 1. The maximum absolute atomic E-state index is 11.5. The van der Waals surface area contributed by atoms with E-state index in [0.717, 1.165) is 54.4 Å². The molecule has 5 rings (SSSR count). The predicted molar refractivity (Wildman–Crippen MR) is 107 cm³/mol. The minimum atomic E-state index is -0.113. The molecular weight excluding hydrogens is 352 g/mol. The zero-order chi connectivity index (χ0) is 19.1. The highest BCUT2D eigenvalue weighted by Gasteiger charge is 2.18. The van der Waals surface area contributed by atoms with Gasteiger partial charge in [0, 0.05) is 19.6 Å². The Labute approximate surface area is 163 Å². The van der Waals surface area contributed by atoms with Gasteiger partial charge in [0.05, 0.1) is 23.6 Å². The molecule has 6 nitrogen and oxygen atoms in total. The van der Waals surface area contributed by atoms with Gasteiger partial charge in [-0.2, -0.15) is 5.10 Å². The fraction of sp³-hybridized carbons (Fsp3) is 0.273. The second-order valence-electron chi connectivity index (χ2n) is 7.46. The first kappa shape index (κ1) is 17.0. The Morgan fingerprint density at radius 1 is 1.07 bits per heavy atom. The van der Waals surface area contributed by atoms with E-state index in [1.54, 1.807) is 0 Å². The van der Waals surface area contributed by atoms with E-state index in [-0.39, 0.29) is 12.5 Å². The van der Waals surface area contributed by atoms with Crippen molar-refractivity contribution in [2.75, 3.05) is 18.5 Å². The largest absolute Gasteiger partial charge is 0.482 e. The van der Waals surface area contributed by atoms with Gasteiger partial charge in [-0.05, 0) is 41.8 Å². The number of fused-ring (bicyclic) bond motifs is 2. The van der Waals surface area contributed by atoms with E-state index < -0.39 is 0 Å². The van der Waals surface area contributed by atoms with Gasteiger partial charge >= 0.3 is 0 Å². The minimum absolute atomic E-state index is 0.0813. The summed E-state index contributed by atoms with van der Waals surface area (Å²) in [5.41, 5.74) is 6.60. The van der Waals surface area contributed by atoms with Gasteiger partial charge in [-0.1, -0.05) is 30.3 Å². The molecule has 0 unspecified atom stereocenters. The molecule has 2 aliphatic heterocycles. The normalized spacial score (nSPS) is 16.1. The van der Waals surface area contributed by atoms with E-state index >= 15 is 0 Å². The third-order valence-corrected chi connectivity index (χ3v) is 5.30. The maximum atomic E-state index is 11.5. The van der Waals surface area contributed by atoms with E-state index in [0.29, 0.717) is 0 Å². The summed E-state index contributed by atoms with van der Waals surface area (Å²) in [6.07, 6.45) is 0. The Morgan fingerprint density at radius 2 is 1.89 bits per heavy atom. The first-order valence-corrected chi connectivity index (χ1v) is 9.56. The molecule has 28 heavy (non-hydrogen) atoms. The lowest BCUT2D eigenvalue weighted by Gasteiger charge is -2.27. The van der Waals surface area contributed by atoms with Crippen LogP contribution in [0.5, 0.6) is 5.75 Å². The van der Waals surface area contributed by atoms with Crippen molar-refractivity contribution in [2.24, 2.45) is 0 Å². The van der Waals surface area contributed by atoms with Crippen molar-refractivity contribution >= 4 is 11.6 Å². The Hall–Kier alpha value is -3.12. The number of hydrogen-bond acceptors (Lipinski definition) is 4. The van der Waals surface area contributed by atoms with Crippen molar-refractivity contribution in [1.29, 1.82) is 0 Å². The monoisotopic (exact) mass is 374 g/mol. The van der Waals surface area contributed by atoms with E-state index in [2.05, 4.69) is 50.3 Å². The van der Waals surface area contributed by atoms with Crippen molar-refractivity contribution < 1.29 is 9.53 Å². The van der Waals surface area contributed by atoms with Crippen molar-refractivity contribution in [3.63, 3.8) is 0 Å². The highest BCUT2D eigenvalue weighted by molar-refractivity contribution is 5.96. The molecule has 0 saturated carbocycles. The standard InChI is InChI=1S/C22H22N4O2/c1-15-10-19-13-25(8-9-26(19)24-15)12-16-2-4-17(5-3-16)18-6-7-21-20(11-18)23-22(27)14-28-21/h2-7,10-11H,8-9,12-14H2,1H3,(H,23,27). The molecule has 1 N–H and O–H groups in total. The van der Waals surface area contributed by atoms with Crippen molar-refractivity contribution in [3.05, 3.63) is 65.5 Å². The summed E-state index contributed by atoms with van der Waals surface area (Å²) in [5, 5.41) is 7.40. The average molecular weight is 374 g/mol. The molecule has 0 atom stereocenters. The number of amides is 1. The lowest BCUT2D eigenvalue weighted by atomic mass is 10.0. The Bertz CT molecular complexity index is 1040. The predicted octanol–water partition coefficient (Wildman–Crippen LogP) is 3.21. The fourth-order valence-corrected chi connectivity index (χ4v) is 3.92. The van der Waals surface area contributed by atoms with Crippen LogP contribution in [0.3, 0.4) is 0 Å². The highest BCUT2D eigenvalue weighted by Crippen LogP contribution is 2.32. The van der Waals surface area contributed by atoms with Crippen molar-refractivity contribution in [3.8, 4) is 16.9 Å². The Kier molecular flexibility index (Phi) is 4.13. The molecule has 0 bridgehead atoms. The molecular formula is C22H22N4O2. The molecule has 6 heteroatoms. The van der Waals surface area contributed by atoms with Crippen LogP contribution < -0.4 is 10.1 Å². The number of benzene rings is 2. The number of ether oxygens (including phenoxy) is 1. The molecule has 0 saturated heterocycles. The van der Waals surface area contributed by atoms with Crippen LogP contribution in [0.4, 0.5) is 5.69 Å². The summed E-state index contributed by atoms with van der Waals surface area (Å²) in [5.74, 6) is 0.609. The van der Waals surface area contributed by atoms with Crippen LogP contribution >= 0.6 is 0 Å². The maximum Gasteiger partial charge on any atom is 0.262 e. The summed E-state index contributed by atoms with van der Waals surface area (Å²) in [7, 11) is 0. The van der Waals surface area contributed by atoms with Crippen LogP contribution in [0.15, 0.2) is 48.5 Å². The third-order valence-electron chi connectivity index (χ3n) is 5.30. The summed E-state index contributed by atoms with van der Waals surface area (Å²) in [6.45, 7) is 5.96. The second-order valence-corrected chi connectivity index (χ2v) is 7.46. The van der Waals surface area contributed by atoms with Gasteiger partial charge in [0.15, 0.2) is 6.61 Å². The van der Waals surface area contributed by atoms with Gasteiger partial charge in [0.2, 0.25) is 0 Å². The van der Waals surface area contributed by atoms with Crippen LogP contribution in [-0.4, -0.2) is 33.7 Å². The lowest BCUT2D eigenvalue weighted by molar-refractivity contribution is -0.118. The summed E-state index contributed by atoms with van der Waals surface area (Å²) < 4.78 is 7.55. The molecule has 0 radical (unpaired) electrons. The van der Waals surface area contributed by atoms with Gasteiger partial charge in [0.1, 0.15) is 5.75 Å². The summed E-state index contributed by atoms with van der Waals surface area (Å²) >= 11 is 0. The molecule has 0 aliphatic carbocycles. The summed E-state index contributed by atoms with van der Waals surface area (Å²) in [6, 6.07) is 16.7. The zero-order valence-corrected chi connectivity index (χ0v) is 15.8. The molecule has 1 amide bonds. The van der Waals surface area contributed by atoms with Crippen LogP contribution in [0.25, 0.3) is 11.1 Å². The SMILES string of the molecule is Cc1cc2n(n1)CCN(Cc1ccc(-c3ccc4c(c3)NC(=O)CO4)cc1)C2. The molecule has 142 valence electrons. The van der Waals surface area contributed by atoms with Gasteiger partial charge in [0.25, 0.3) is 5.91 Å². The number of aromatic nitrogens is 2. The van der Waals surface area contributed by atoms with Gasteiger partial charge in [-0.15, -0.1) is 0 Å². The smallest absolute Gasteiger partial charge is 0.262 e. The number of hydrogen-bond donors (Lipinski definition) is 1. The number of carbonyl (C=O) groups is 1. The molecule has 0 fully saturated rings. The quantitative estimate of drug-likeness (QED) is 0.765. The average Bonchev–Trinajstić information content (AvgIpc) is 3.07. The van der Waals surface area contributed by atoms with E-state index in [4.69, 9.17) is 4.74 Å². The first-order chi connectivity index (χ1) is 13.6. The number of rotatable bonds is 3.